The van der Waals surface area contributed by atoms with Crippen LogP contribution in [0.4, 0.5) is 4.39 Å². The molecule has 110 valence electrons. The van der Waals surface area contributed by atoms with Gasteiger partial charge in [-0.3, -0.25) is 0 Å². The predicted octanol–water partition coefficient (Wildman–Crippen LogP) is 4.68. The lowest BCUT2D eigenvalue weighted by molar-refractivity contribution is 0.124. The van der Waals surface area contributed by atoms with Crippen molar-refractivity contribution in [2.24, 2.45) is 5.92 Å². The molecule has 0 unspecified atom stereocenters. The minimum atomic E-state index is -0.134. The molecular weight excluding hydrogens is 273 g/mol. The van der Waals surface area contributed by atoms with Gasteiger partial charge in [0.05, 0.1) is 0 Å². The number of benzene rings is 1. The molecule has 1 aromatic carbocycles. The first kappa shape index (κ1) is 14.3. The zero-order valence-corrected chi connectivity index (χ0v) is 12.8. The molecule has 0 atom stereocenters. The van der Waals surface area contributed by atoms with Gasteiger partial charge in [-0.15, -0.1) is 0 Å². The van der Waals surface area contributed by atoms with Crippen LogP contribution in [-0.2, 0) is 5.41 Å². The largest absolute Gasteiger partial charge is 0.313 e. The molecule has 2 fully saturated rings. The smallest absolute Gasteiger partial charge is 0.128 e. The molecule has 3 heteroatoms. The summed E-state index contributed by atoms with van der Waals surface area (Å²) in [6, 6.07) is 5.73. The van der Waals surface area contributed by atoms with Gasteiger partial charge in [-0.2, -0.15) is 0 Å². The second kappa shape index (κ2) is 5.65. The molecule has 0 aromatic heterocycles. The van der Waals surface area contributed by atoms with Gasteiger partial charge < -0.3 is 5.32 Å². The van der Waals surface area contributed by atoms with Gasteiger partial charge in [0, 0.05) is 28.6 Å². The summed E-state index contributed by atoms with van der Waals surface area (Å²) < 4.78 is 14.3. The maximum atomic E-state index is 14.3. The fourth-order valence-corrected chi connectivity index (χ4v) is 4.09. The molecule has 0 saturated heterocycles. The molecule has 1 nitrogen and oxygen atoms in total. The van der Waals surface area contributed by atoms with E-state index in [9.17, 15) is 4.39 Å². The average molecular weight is 296 g/mol. The molecule has 3 rings (SSSR count). The molecule has 1 N–H and O–H groups in total. The minimum absolute atomic E-state index is 0.0785. The van der Waals surface area contributed by atoms with E-state index in [2.05, 4.69) is 12.2 Å². The van der Waals surface area contributed by atoms with E-state index in [4.69, 9.17) is 11.6 Å². The Bertz CT molecular complexity index is 458. The zero-order chi connectivity index (χ0) is 14.2. The third-order valence-corrected chi connectivity index (χ3v) is 5.17. The zero-order valence-electron chi connectivity index (χ0n) is 12.1. The topological polar surface area (TPSA) is 12.0 Å². The third kappa shape index (κ3) is 2.73. The van der Waals surface area contributed by atoms with E-state index in [0.717, 1.165) is 30.9 Å². The van der Waals surface area contributed by atoms with Crippen LogP contribution < -0.4 is 5.32 Å². The van der Waals surface area contributed by atoms with Gasteiger partial charge >= 0.3 is 0 Å². The van der Waals surface area contributed by atoms with Gasteiger partial charge in [-0.05, 0) is 43.7 Å². The SMILES string of the molecule is CCCC1CC(CNC2CC2)(c2c(F)cccc2Cl)C1. The summed E-state index contributed by atoms with van der Waals surface area (Å²) in [6.45, 7) is 3.09. The Morgan fingerprint density at radius 1 is 1.35 bits per heavy atom. The fraction of sp³-hybridized carbons (Fsp3) is 0.647. The Hall–Kier alpha value is -0.600. The lowest BCUT2D eigenvalue weighted by Gasteiger charge is -2.49. The molecule has 1 aromatic rings. The average Bonchev–Trinajstić information content (AvgIpc) is 3.17. The van der Waals surface area contributed by atoms with Crippen molar-refractivity contribution in [2.75, 3.05) is 6.54 Å². The van der Waals surface area contributed by atoms with Crippen LogP contribution in [-0.4, -0.2) is 12.6 Å². The highest BCUT2D eigenvalue weighted by Gasteiger charge is 2.47. The summed E-state index contributed by atoms with van der Waals surface area (Å²) >= 11 is 6.31. The second-order valence-electron chi connectivity index (χ2n) is 6.60. The van der Waals surface area contributed by atoms with Gasteiger partial charge in [0.15, 0.2) is 0 Å². The normalized spacial score (nSPS) is 29.2. The lowest BCUT2D eigenvalue weighted by atomic mass is 9.57. The maximum absolute atomic E-state index is 14.3. The van der Waals surface area contributed by atoms with Crippen LogP contribution in [0.5, 0.6) is 0 Å². The van der Waals surface area contributed by atoms with E-state index < -0.39 is 0 Å². The third-order valence-electron chi connectivity index (χ3n) is 4.86. The van der Waals surface area contributed by atoms with Crippen molar-refractivity contribution < 1.29 is 4.39 Å². The highest BCUT2D eigenvalue weighted by atomic mass is 35.5. The summed E-state index contributed by atoms with van der Waals surface area (Å²) in [4.78, 5) is 0. The van der Waals surface area contributed by atoms with E-state index >= 15 is 0 Å². The van der Waals surface area contributed by atoms with Crippen LogP contribution in [0.2, 0.25) is 5.02 Å². The number of rotatable bonds is 6. The van der Waals surface area contributed by atoms with Crippen LogP contribution >= 0.6 is 11.6 Å². The van der Waals surface area contributed by atoms with Gasteiger partial charge in [-0.25, -0.2) is 4.39 Å². The van der Waals surface area contributed by atoms with Crippen molar-refractivity contribution in [2.45, 2.75) is 56.9 Å². The first-order chi connectivity index (χ1) is 9.64. The first-order valence-corrected chi connectivity index (χ1v) is 8.20. The molecule has 2 saturated carbocycles. The van der Waals surface area contributed by atoms with Crippen molar-refractivity contribution in [3.63, 3.8) is 0 Å². The molecule has 0 radical (unpaired) electrons. The van der Waals surface area contributed by atoms with Crippen LogP contribution in [0.3, 0.4) is 0 Å². The molecule has 0 amide bonds. The van der Waals surface area contributed by atoms with Crippen molar-refractivity contribution in [1.82, 2.24) is 5.32 Å². The quantitative estimate of drug-likeness (QED) is 0.803. The van der Waals surface area contributed by atoms with Crippen molar-refractivity contribution in [1.29, 1.82) is 0 Å². The van der Waals surface area contributed by atoms with Gasteiger partial charge in [-0.1, -0.05) is 37.4 Å². The Labute approximate surface area is 125 Å². The summed E-state index contributed by atoms with van der Waals surface area (Å²) in [5.74, 6) is 0.599. The summed E-state index contributed by atoms with van der Waals surface area (Å²) in [5.41, 5.74) is 0.673. The maximum Gasteiger partial charge on any atom is 0.128 e. The Morgan fingerprint density at radius 3 is 2.70 bits per heavy atom. The van der Waals surface area contributed by atoms with E-state index in [1.807, 2.05) is 6.07 Å². The molecule has 2 aliphatic carbocycles. The van der Waals surface area contributed by atoms with Gasteiger partial charge in [0.2, 0.25) is 0 Å². The van der Waals surface area contributed by atoms with E-state index in [1.54, 1.807) is 12.1 Å². The molecule has 20 heavy (non-hydrogen) atoms. The number of halogens is 2. The number of hydrogen-bond donors (Lipinski definition) is 1. The molecule has 0 aliphatic heterocycles. The summed E-state index contributed by atoms with van der Waals surface area (Å²) in [6.07, 6.45) is 7.13. The van der Waals surface area contributed by atoms with Crippen molar-refractivity contribution in [3.05, 3.63) is 34.6 Å². The molecule has 2 aliphatic rings. The highest BCUT2D eigenvalue weighted by Crippen LogP contribution is 2.52. The lowest BCUT2D eigenvalue weighted by Crippen LogP contribution is -2.49. The van der Waals surface area contributed by atoms with Crippen LogP contribution in [0.25, 0.3) is 0 Å². The number of nitrogens with one attached hydrogen (secondary N) is 1. The first-order valence-electron chi connectivity index (χ1n) is 7.82. The fourth-order valence-electron chi connectivity index (χ4n) is 3.73. The van der Waals surface area contributed by atoms with E-state index in [1.165, 1.54) is 25.7 Å². The Kier molecular flexibility index (Phi) is 4.05. The minimum Gasteiger partial charge on any atom is -0.313 e. The van der Waals surface area contributed by atoms with Crippen LogP contribution in [0.15, 0.2) is 18.2 Å². The summed E-state index contributed by atoms with van der Waals surface area (Å²) in [7, 11) is 0. The van der Waals surface area contributed by atoms with Crippen molar-refractivity contribution >= 4 is 11.6 Å². The Morgan fingerprint density at radius 2 is 2.10 bits per heavy atom. The van der Waals surface area contributed by atoms with Crippen LogP contribution in [0, 0.1) is 11.7 Å². The monoisotopic (exact) mass is 295 g/mol. The van der Waals surface area contributed by atoms with Crippen molar-refractivity contribution in [3.8, 4) is 0 Å². The Balaban J connectivity index is 1.81. The predicted molar refractivity (Wildman–Crippen MR) is 81.7 cm³/mol. The molecule has 0 spiro atoms. The highest BCUT2D eigenvalue weighted by molar-refractivity contribution is 6.31. The van der Waals surface area contributed by atoms with E-state index in [-0.39, 0.29) is 11.2 Å². The molecular formula is C17H23ClFN. The molecule has 0 heterocycles. The van der Waals surface area contributed by atoms with Gasteiger partial charge in [0.25, 0.3) is 0 Å². The second-order valence-corrected chi connectivity index (χ2v) is 7.00. The summed E-state index contributed by atoms with van der Waals surface area (Å²) in [5, 5.41) is 4.18. The standard InChI is InChI=1S/C17H23ClFN/c1-2-4-12-9-17(10-12,11-20-13-7-8-13)16-14(18)5-3-6-15(16)19/h3,5-6,12-13,20H,2,4,7-11H2,1H3. The molecule has 0 bridgehead atoms. The van der Waals surface area contributed by atoms with Crippen LogP contribution in [0.1, 0.15) is 51.0 Å². The van der Waals surface area contributed by atoms with Gasteiger partial charge in [0.1, 0.15) is 5.82 Å². The van der Waals surface area contributed by atoms with E-state index in [0.29, 0.717) is 11.1 Å². The number of hydrogen-bond acceptors (Lipinski definition) is 1.